The second kappa shape index (κ2) is 8.80. The molecule has 1 aromatic rings. The summed E-state index contributed by atoms with van der Waals surface area (Å²) in [6.45, 7) is 7.53. The molecule has 1 amide bonds. The Morgan fingerprint density at radius 3 is 2.67 bits per heavy atom. The monoisotopic (exact) mass is 290 g/mol. The van der Waals surface area contributed by atoms with Gasteiger partial charge in [0.25, 0.3) is 0 Å². The lowest BCUT2D eigenvalue weighted by Gasteiger charge is -2.26. The van der Waals surface area contributed by atoms with Crippen molar-refractivity contribution in [2.75, 3.05) is 39.4 Å². The molecule has 0 spiro atoms. The van der Waals surface area contributed by atoms with Crippen LogP contribution in [-0.2, 0) is 9.53 Å². The average Bonchev–Trinajstić information content (AvgIpc) is 2.54. The number of carbonyl (C=O) groups is 1. The van der Waals surface area contributed by atoms with Crippen LogP contribution in [0.3, 0.4) is 0 Å². The quantitative estimate of drug-likeness (QED) is 0.781. The van der Waals surface area contributed by atoms with E-state index in [4.69, 9.17) is 4.74 Å². The lowest BCUT2D eigenvalue weighted by atomic mass is 9.96. The number of benzene rings is 1. The Morgan fingerprint density at radius 2 is 2.00 bits per heavy atom. The normalized spacial score (nSPS) is 17.4. The highest BCUT2D eigenvalue weighted by atomic mass is 16.5. The number of hydrogen-bond acceptors (Lipinski definition) is 3. The fourth-order valence-electron chi connectivity index (χ4n) is 2.72. The number of carbonyl (C=O) groups excluding carboxylic acids is 1. The Morgan fingerprint density at radius 1 is 1.29 bits per heavy atom. The van der Waals surface area contributed by atoms with Gasteiger partial charge in [-0.3, -0.25) is 9.69 Å². The van der Waals surface area contributed by atoms with Crippen molar-refractivity contribution in [3.63, 3.8) is 0 Å². The maximum atomic E-state index is 12.3. The highest BCUT2D eigenvalue weighted by Gasteiger charge is 2.17. The van der Waals surface area contributed by atoms with E-state index in [0.717, 1.165) is 57.8 Å². The number of hydrogen-bond donors (Lipinski definition) is 1. The fraction of sp³-hybridized carbons (Fsp3) is 0.588. The number of nitrogens with zero attached hydrogens (tertiary/aromatic N) is 1. The molecule has 1 aromatic carbocycles. The summed E-state index contributed by atoms with van der Waals surface area (Å²) in [7, 11) is 0. The van der Waals surface area contributed by atoms with Crippen molar-refractivity contribution in [2.24, 2.45) is 0 Å². The lowest BCUT2D eigenvalue weighted by Crippen LogP contribution is -2.38. The molecule has 0 radical (unpaired) electrons. The molecule has 0 aromatic heterocycles. The summed E-state index contributed by atoms with van der Waals surface area (Å²) in [6.07, 6.45) is 1.83. The van der Waals surface area contributed by atoms with Crippen LogP contribution < -0.4 is 5.32 Å². The second-order valence-corrected chi connectivity index (χ2v) is 5.47. The SMILES string of the molecule is CC[C@H](C(=O)NCCCN1CCOCC1)c1ccccc1. The number of rotatable bonds is 7. The summed E-state index contributed by atoms with van der Waals surface area (Å²) >= 11 is 0. The molecule has 0 aliphatic carbocycles. The molecule has 1 saturated heterocycles. The van der Waals surface area contributed by atoms with Gasteiger partial charge in [0.15, 0.2) is 0 Å². The van der Waals surface area contributed by atoms with Crippen molar-refractivity contribution in [3.8, 4) is 0 Å². The van der Waals surface area contributed by atoms with E-state index in [1.165, 1.54) is 0 Å². The first kappa shape index (κ1) is 16.0. The van der Waals surface area contributed by atoms with Gasteiger partial charge in [-0.15, -0.1) is 0 Å². The molecule has 1 aliphatic rings. The van der Waals surface area contributed by atoms with Crippen molar-refractivity contribution < 1.29 is 9.53 Å². The summed E-state index contributed by atoms with van der Waals surface area (Å²) in [5.74, 6) is 0.111. The maximum Gasteiger partial charge on any atom is 0.227 e. The number of ether oxygens (including phenoxy) is 1. The van der Waals surface area contributed by atoms with Crippen LogP contribution in [0.2, 0.25) is 0 Å². The Labute approximate surface area is 127 Å². The zero-order valence-corrected chi connectivity index (χ0v) is 12.9. The van der Waals surface area contributed by atoms with Crippen LogP contribution in [0, 0.1) is 0 Å². The van der Waals surface area contributed by atoms with E-state index in [0.29, 0.717) is 0 Å². The lowest BCUT2D eigenvalue weighted by molar-refractivity contribution is -0.122. The largest absolute Gasteiger partial charge is 0.379 e. The molecule has 1 fully saturated rings. The Bertz CT molecular complexity index is 416. The molecule has 0 saturated carbocycles. The Kier molecular flexibility index (Phi) is 6.70. The molecular formula is C17H26N2O2. The van der Waals surface area contributed by atoms with Gasteiger partial charge in [-0.2, -0.15) is 0 Å². The molecule has 21 heavy (non-hydrogen) atoms. The number of morpholine rings is 1. The molecule has 116 valence electrons. The summed E-state index contributed by atoms with van der Waals surface area (Å²) in [5.41, 5.74) is 1.10. The van der Waals surface area contributed by atoms with Crippen molar-refractivity contribution in [1.82, 2.24) is 10.2 Å². The molecule has 1 atom stereocenters. The van der Waals surface area contributed by atoms with Gasteiger partial charge in [0, 0.05) is 19.6 Å². The van der Waals surface area contributed by atoms with E-state index in [-0.39, 0.29) is 11.8 Å². The Balaban J connectivity index is 1.70. The summed E-state index contributed by atoms with van der Waals surface area (Å²) < 4.78 is 5.33. The molecule has 1 N–H and O–H groups in total. The standard InChI is InChI=1S/C17H26N2O2/c1-2-16(15-7-4-3-5-8-15)17(20)18-9-6-10-19-11-13-21-14-12-19/h3-5,7-8,16H,2,6,9-14H2,1H3,(H,18,20)/t16-/m0/s1. The predicted octanol–water partition coefficient (Wildman–Crippen LogP) is 2.02. The second-order valence-electron chi connectivity index (χ2n) is 5.47. The molecule has 4 heteroatoms. The van der Waals surface area contributed by atoms with Crippen LogP contribution >= 0.6 is 0 Å². The van der Waals surface area contributed by atoms with Crippen molar-refractivity contribution in [1.29, 1.82) is 0 Å². The molecule has 0 unspecified atom stereocenters. The third-order valence-electron chi connectivity index (χ3n) is 3.98. The number of amides is 1. The predicted molar refractivity (Wildman–Crippen MR) is 84.4 cm³/mol. The Hall–Kier alpha value is -1.39. The van der Waals surface area contributed by atoms with Crippen LogP contribution in [0.1, 0.15) is 31.2 Å². The van der Waals surface area contributed by atoms with E-state index in [1.807, 2.05) is 30.3 Å². The first-order chi connectivity index (χ1) is 10.3. The van der Waals surface area contributed by atoms with Crippen LogP contribution in [-0.4, -0.2) is 50.2 Å². The van der Waals surface area contributed by atoms with Gasteiger partial charge in [-0.05, 0) is 24.9 Å². The van der Waals surface area contributed by atoms with Crippen molar-refractivity contribution >= 4 is 5.91 Å². The van der Waals surface area contributed by atoms with Gasteiger partial charge in [-0.1, -0.05) is 37.3 Å². The zero-order valence-electron chi connectivity index (χ0n) is 12.9. The smallest absolute Gasteiger partial charge is 0.227 e. The molecule has 1 heterocycles. The topological polar surface area (TPSA) is 41.6 Å². The highest BCUT2D eigenvalue weighted by molar-refractivity contribution is 5.83. The summed E-state index contributed by atoms with van der Waals surface area (Å²) in [5, 5.41) is 3.07. The molecule has 0 bridgehead atoms. The first-order valence-corrected chi connectivity index (χ1v) is 7.94. The minimum absolute atomic E-state index is 0.0328. The minimum Gasteiger partial charge on any atom is -0.379 e. The van der Waals surface area contributed by atoms with E-state index in [9.17, 15) is 4.79 Å². The van der Waals surface area contributed by atoms with Crippen LogP contribution in [0.15, 0.2) is 30.3 Å². The third kappa shape index (κ3) is 5.14. The zero-order chi connectivity index (χ0) is 14.9. The highest BCUT2D eigenvalue weighted by Crippen LogP contribution is 2.19. The third-order valence-corrected chi connectivity index (χ3v) is 3.98. The maximum absolute atomic E-state index is 12.3. The van der Waals surface area contributed by atoms with E-state index in [2.05, 4.69) is 17.1 Å². The van der Waals surface area contributed by atoms with Crippen LogP contribution in [0.25, 0.3) is 0 Å². The number of nitrogens with one attached hydrogen (secondary N) is 1. The van der Waals surface area contributed by atoms with Crippen LogP contribution in [0.4, 0.5) is 0 Å². The van der Waals surface area contributed by atoms with Crippen LogP contribution in [0.5, 0.6) is 0 Å². The average molecular weight is 290 g/mol. The molecule has 4 nitrogen and oxygen atoms in total. The van der Waals surface area contributed by atoms with Gasteiger partial charge in [-0.25, -0.2) is 0 Å². The molecule has 2 rings (SSSR count). The van der Waals surface area contributed by atoms with Gasteiger partial charge in [0.05, 0.1) is 19.1 Å². The fourth-order valence-corrected chi connectivity index (χ4v) is 2.72. The summed E-state index contributed by atoms with van der Waals surface area (Å²) in [4.78, 5) is 14.7. The van der Waals surface area contributed by atoms with Gasteiger partial charge in [0.1, 0.15) is 0 Å². The van der Waals surface area contributed by atoms with Crippen molar-refractivity contribution in [3.05, 3.63) is 35.9 Å². The molecule has 1 aliphatic heterocycles. The molecular weight excluding hydrogens is 264 g/mol. The van der Waals surface area contributed by atoms with Gasteiger partial charge in [0.2, 0.25) is 5.91 Å². The first-order valence-electron chi connectivity index (χ1n) is 7.94. The minimum atomic E-state index is -0.0328. The summed E-state index contributed by atoms with van der Waals surface area (Å²) in [6, 6.07) is 10.0. The van der Waals surface area contributed by atoms with Gasteiger partial charge < -0.3 is 10.1 Å². The van der Waals surface area contributed by atoms with Crippen molar-refractivity contribution in [2.45, 2.75) is 25.7 Å². The van der Waals surface area contributed by atoms with E-state index >= 15 is 0 Å². The van der Waals surface area contributed by atoms with Gasteiger partial charge >= 0.3 is 0 Å². The van der Waals surface area contributed by atoms with E-state index < -0.39 is 0 Å². The van der Waals surface area contributed by atoms with E-state index in [1.54, 1.807) is 0 Å².